The first-order valence-corrected chi connectivity index (χ1v) is 9.19. The van der Waals surface area contributed by atoms with Gasteiger partial charge in [0.15, 0.2) is 0 Å². The average Bonchev–Trinajstić information content (AvgIpc) is 3.24. The first-order valence-electron chi connectivity index (χ1n) is 9.19. The number of benzene rings is 3. The third-order valence-corrected chi connectivity index (χ3v) is 4.50. The van der Waals surface area contributed by atoms with Gasteiger partial charge in [-0.25, -0.2) is 4.68 Å². The lowest BCUT2D eigenvalue weighted by Crippen LogP contribution is -2.11. The second kappa shape index (κ2) is 8.36. The predicted octanol–water partition coefficient (Wildman–Crippen LogP) is 4.15. The van der Waals surface area contributed by atoms with Crippen molar-refractivity contribution in [2.45, 2.75) is 6.54 Å². The van der Waals surface area contributed by atoms with Crippen LogP contribution in [0.1, 0.15) is 15.9 Å². The molecular weight excluding hydrogens is 382 g/mol. The normalized spacial score (nSPS) is 10.5. The third kappa shape index (κ3) is 4.39. The Morgan fingerprint density at radius 2 is 1.67 bits per heavy atom. The number of nitro benzene ring substituents is 1. The number of rotatable bonds is 6. The minimum absolute atomic E-state index is 0.0561. The zero-order valence-corrected chi connectivity index (χ0v) is 15.8. The van der Waals surface area contributed by atoms with Gasteiger partial charge in [-0.05, 0) is 29.8 Å². The first kappa shape index (κ1) is 19.0. The summed E-state index contributed by atoms with van der Waals surface area (Å²) in [6, 6.07) is 22.7. The topological polar surface area (TPSA) is 103 Å². The van der Waals surface area contributed by atoms with Gasteiger partial charge in [0.1, 0.15) is 5.69 Å². The number of aromatic nitrogens is 3. The molecule has 8 heteroatoms. The summed E-state index contributed by atoms with van der Waals surface area (Å²) in [5.74, 6) is -0.332. The van der Waals surface area contributed by atoms with Crippen LogP contribution in [0.5, 0.6) is 0 Å². The maximum absolute atomic E-state index is 12.3. The van der Waals surface area contributed by atoms with Crippen molar-refractivity contribution in [2.24, 2.45) is 0 Å². The van der Waals surface area contributed by atoms with E-state index in [1.807, 2.05) is 48.7 Å². The van der Waals surface area contributed by atoms with E-state index in [0.29, 0.717) is 17.8 Å². The van der Waals surface area contributed by atoms with Crippen molar-refractivity contribution in [2.75, 3.05) is 5.32 Å². The maximum atomic E-state index is 12.3. The number of non-ortho nitro benzene ring substituents is 1. The summed E-state index contributed by atoms with van der Waals surface area (Å²) in [5, 5.41) is 21.9. The molecule has 0 unspecified atom stereocenters. The van der Waals surface area contributed by atoms with E-state index in [4.69, 9.17) is 0 Å². The second-order valence-electron chi connectivity index (χ2n) is 6.62. The third-order valence-electron chi connectivity index (χ3n) is 4.50. The molecule has 1 heterocycles. The van der Waals surface area contributed by atoms with Crippen LogP contribution in [0, 0.1) is 10.1 Å². The highest BCUT2D eigenvalue weighted by Gasteiger charge is 2.10. The van der Waals surface area contributed by atoms with Crippen LogP contribution in [0.25, 0.3) is 11.3 Å². The van der Waals surface area contributed by atoms with Crippen molar-refractivity contribution in [3.05, 3.63) is 106 Å². The van der Waals surface area contributed by atoms with Crippen molar-refractivity contribution in [3.63, 3.8) is 0 Å². The van der Waals surface area contributed by atoms with Crippen LogP contribution in [0.15, 0.2) is 85.1 Å². The van der Waals surface area contributed by atoms with Gasteiger partial charge in [-0.15, -0.1) is 5.10 Å². The Hall–Kier alpha value is -4.33. The monoisotopic (exact) mass is 399 g/mol. The molecule has 8 nitrogen and oxygen atoms in total. The van der Waals surface area contributed by atoms with Gasteiger partial charge in [0.25, 0.3) is 11.6 Å². The fourth-order valence-electron chi connectivity index (χ4n) is 2.94. The van der Waals surface area contributed by atoms with Gasteiger partial charge >= 0.3 is 0 Å². The highest BCUT2D eigenvalue weighted by Crippen LogP contribution is 2.17. The molecule has 4 aromatic rings. The van der Waals surface area contributed by atoms with E-state index in [9.17, 15) is 14.9 Å². The first-order chi connectivity index (χ1) is 14.6. The van der Waals surface area contributed by atoms with E-state index in [0.717, 1.165) is 16.8 Å². The molecule has 0 saturated carbocycles. The number of amides is 1. The molecule has 0 aliphatic rings. The van der Waals surface area contributed by atoms with Crippen molar-refractivity contribution in [3.8, 4) is 11.3 Å². The Balaban J connectivity index is 1.39. The van der Waals surface area contributed by atoms with Crippen LogP contribution in [-0.2, 0) is 6.54 Å². The highest BCUT2D eigenvalue weighted by atomic mass is 16.6. The van der Waals surface area contributed by atoms with Gasteiger partial charge in [-0.1, -0.05) is 47.7 Å². The van der Waals surface area contributed by atoms with E-state index in [1.165, 1.54) is 24.3 Å². The molecule has 0 aliphatic carbocycles. The van der Waals surface area contributed by atoms with E-state index in [2.05, 4.69) is 15.6 Å². The lowest BCUT2D eigenvalue weighted by atomic mass is 10.1. The largest absolute Gasteiger partial charge is 0.322 e. The van der Waals surface area contributed by atoms with Crippen molar-refractivity contribution < 1.29 is 9.72 Å². The Labute approximate surface area is 171 Å². The van der Waals surface area contributed by atoms with E-state index >= 15 is 0 Å². The summed E-state index contributed by atoms with van der Waals surface area (Å²) in [6.45, 7) is 0.552. The molecule has 0 saturated heterocycles. The van der Waals surface area contributed by atoms with Crippen molar-refractivity contribution in [1.29, 1.82) is 0 Å². The highest BCUT2D eigenvalue weighted by molar-refractivity contribution is 6.04. The summed E-state index contributed by atoms with van der Waals surface area (Å²) in [7, 11) is 0. The molecule has 0 bridgehead atoms. The van der Waals surface area contributed by atoms with Gasteiger partial charge in [0.05, 0.1) is 17.7 Å². The number of nitro groups is 1. The van der Waals surface area contributed by atoms with Crippen LogP contribution in [-0.4, -0.2) is 25.8 Å². The van der Waals surface area contributed by atoms with E-state index in [-0.39, 0.29) is 11.6 Å². The summed E-state index contributed by atoms with van der Waals surface area (Å²) in [4.78, 5) is 22.5. The Bertz CT molecular complexity index is 1170. The molecule has 0 aliphatic heterocycles. The Kier molecular flexibility index (Phi) is 5.29. The minimum Gasteiger partial charge on any atom is -0.322 e. The summed E-state index contributed by atoms with van der Waals surface area (Å²) in [5.41, 5.74) is 3.74. The number of hydrogen-bond donors (Lipinski definition) is 1. The van der Waals surface area contributed by atoms with Gasteiger partial charge < -0.3 is 5.32 Å². The molecule has 1 N–H and O–H groups in total. The second-order valence-corrected chi connectivity index (χ2v) is 6.62. The summed E-state index contributed by atoms with van der Waals surface area (Å²) >= 11 is 0. The SMILES string of the molecule is O=C(Nc1ccc(Cn2cc(-c3ccccc3)nn2)cc1)c1ccc([N+](=O)[O-])cc1. The number of anilines is 1. The maximum Gasteiger partial charge on any atom is 0.269 e. The molecule has 1 amide bonds. The number of hydrogen-bond acceptors (Lipinski definition) is 5. The van der Waals surface area contributed by atoms with Crippen LogP contribution >= 0.6 is 0 Å². The Morgan fingerprint density at radius 1 is 0.967 bits per heavy atom. The fourth-order valence-corrected chi connectivity index (χ4v) is 2.94. The Morgan fingerprint density at radius 3 is 2.33 bits per heavy atom. The number of carbonyl (C=O) groups is 1. The summed E-state index contributed by atoms with van der Waals surface area (Å²) < 4.78 is 1.76. The summed E-state index contributed by atoms with van der Waals surface area (Å²) in [6.07, 6.45) is 1.89. The molecule has 0 atom stereocenters. The molecule has 0 fully saturated rings. The lowest BCUT2D eigenvalue weighted by molar-refractivity contribution is -0.384. The lowest BCUT2D eigenvalue weighted by Gasteiger charge is -2.07. The van der Waals surface area contributed by atoms with Crippen molar-refractivity contribution in [1.82, 2.24) is 15.0 Å². The molecular formula is C22H17N5O3. The van der Waals surface area contributed by atoms with Gasteiger partial charge in [-0.2, -0.15) is 0 Å². The van der Waals surface area contributed by atoms with Crippen LogP contribution in [0.3, 0.4) is 0 Å². The van der Waals surface area contributed by atoms with Crippen LogP contribution in [0.4, 0.5) is 11.4 Å². The smallest absolute Gasteiger partial charge is 0.269 e. The van der Waals surface area contributed by atoms with E-state index in [1.54, 1.807) is 16.8 Å². The number of nitrogens with one attached hydrogen (secondary N) is 1. The van der Waals surface area contributed by atoms with Gasteiger partial charge in [0, 0.05) is 28.9 Å². The van der Waals surface area contributed by atoms with Crippen LogP contribution < -0.4 is 5.32 Å². The van der Waals surface area contributed by atoms with Crippen LogP contribution in [0.2, 0.25) is 0 Å². The quantitative estimate of drug-likeness (QED) is 0.387. The molecule has 30 heavy (non-hydrogen) atoms. The molecule has 4 rings (SSSR count). The molecule has 0 spiro atoms. The zero-order valence-electron chi connectivity index (χ0n) is 15.8. The minimum atomic E-state index is -0.502. The van der Waals surface area contributed by atoms with Gasteiger partial charge in [-0.3, -0.25) is 14.9 Å². The van der Waals surface area contributed by atoms with Gasteiger partial charge in [0.2, 0.25) is 0 Å². The van der Waals surface area contributed by atoms with Crippen molar-refractivity contribution >= 4 is 17.3 Å². The fraction of sp³-hybridized carbons (Fsp3) is 0.0455. The molecule has 3 aromatic carbocycles. The molecule has 148 valence electrons. The average molecular weight is 399 g/mol. The molecule has 1 aromatic heterocycles. The number of nitrogens with zero attached hydrogens (tertiary/aromatic N) is 4. The van der Waals surface area contributed by atoms with E-state index < -0.39 is 4.92 Å². The predicted molar refractivity (Wildman–Crippen MR) is 112 cm³/mol. The number of carbonyl (C=O) groups excluding carboxylic acids is 1. The molecule has 0 radical (unpaired) electrons. The standard InChI is InChI=1S/C22H17N5O3/c28-22(18-8-12-20(13-9-18)27(29)30)23-19-10-6-16(7-11-19)14-26-15-21(24-25-26)17-4-2-1-3-5-17/h1-13,15H,14H2,(H,23,28). The zero-order chi connectivity index (χ0) is 20.9.